The molecule has 0 saturated carbocycles. The zero-order chi connectivity index (χ0) is 13.1. The first-order valence-electron chi connectivity index (χ1n) is 5.88. The molecule has 0 fully saturated rings. The monoisotopic (exact) mass is 244 g/mol. The predicted octanol–water partition coefficient (Wildman–Crippen LogP) is 2.25. The molecule has 2 atom stereocenters. The third-order valence-electron chi connectivity index (χ3n) is 2.66. The van der Waals surface area contributed by atoms with Gasteiger partial charge in [0.15, 0.2) is 0 Å². The van der Waals surface area contributed by atoms with E-state index in [2.05, 4.69) is 9.97 Å². The second kappa shape index (κ2) is 5.25. The average molecular weight is 244 g/mol. The molecule has 0 radical (unpaired) electrons. The van der Waals surface area contributed by atoms with Gasteiger partial charge in [-0.25, -0.2) is 9.97 Å². The molecule has 2 rings (SSSR count). The van der Waals surface area contributed by atoms with Crippen molar-refractivity contribution >= 4 is 0 Å². The van der Waals surface area contributed by atoms with Gasteiger partial charge in [-0.1, -0.05) is 12.1 Å². The van der Waals surface area contributed by atoms with Crippen LogP contribution in [0.1, 0.15) is 37.4 Å². The van der Waals surface area contributed by atoms with Crippen molar-refractivity contribution in [3.63, 3.8) is 0 Å². The molecule has 0 spiro atoms. The number of pyridine rings is 2. The molecule has 0 aliphatic heterocycles. The molecule has 4 heteroatoms. The van der Waals surface area contributed by atoms with Gasteiger partial charge in [-0.2, -0.15) is 0 Å². The normalized spacial score (nSPS) is 14.2. The average Bonchev–Trinajstić information content (AvgIpc) is 2.39. The lowest BCUT2D eigenvalue weighted by Gasteiger charge is -2.08. The van der Waals surface area contributed by atoms with Crippen LogP contribution >= 0.6 is 0 Å². The summed E-state index contributed by atoms with van der Waals surface area (Å²) in [5.74, 6) is 0. The second-order valence-corrected chi connectivity index (χ2v) is 4.25. The summed E-state index contributed by atoms with van der Waals surface area (Å²) in [7, 11) is 0. The Kier molecular flexibility index (Phi) is 3.69. The molecular weight excluding hydrogens is 228 g/mol. The molecule has 0 unspecified atom stereocenters. The minimum absolute atomic E-state index is 0.607. The molecule has 18 heavy (non-hydrogen) atoms. The van der Waals surface area contributed by atoms with E-state index in [1.165, 1.54) is 0 Å². The van der Waals surface area contributed by atoms with E-state index in [9.17, 15) is 10.2 Å². The smallest absolute Gasteiger partial charge is 0.0932 e. The summed E-state index contributed by atoms with van der Waals surface area (Å²) < 4.78 is 0. The fraction of sp³-hybridized carbons (Fsp3) is 0.286. The van der Waals surface area contributed by atoms with E-state index in [0.29, 0.717) is 22.8 Å². The van der Waals surface area contributed by atoms with Gasteiger partial charge in [0.25, 0.3) is 0 Å². The number of rotatable bonds is 3. The predicted molar refractivity (Wildman–Crippen MR) is 68.7 cm³/mol. The van der Waals surface area contributed by atoms with Gasteiger partial charge in [0.2, 0.25) is 0 Å². The van der Waals surface area contributed by atoms with E-state index in [4.69, 9.17) is 0 Å². The van der Waals surface area contributed by atoms with E-state index in [0.717, 1.165) is 0 Å². The Hall–Kier alpha value is -1.78. The molecule has 0 amide bonds. The van der Waals surface area contributed by atoms with E-state index in [1.807, 2.05) is 24.3 Å². The zero-order valence-corrected chi connectivity index (χ0v) is 10.4. The first kappa shape index (κ1) is 12.7. The van der Waals surface area contributed by atoms with E-state index in [1.54, 1.807) is 26.0 Å². The lowest BCUT2D eigenvalue weighted by molar-refractivity contribution is 0.193. The fourth-order valence-corrected chi connectivity index (χ4v) is 1.65. The summed E-state index contributed by atoms with van der Waals surface area (Å²) in [6, 6.07) is 10.9. The van der Waals surface area contributed by atoms with Crippen molar-refractivity contribution in [1.82, 2.24) is 9.97 Å². The maximum Gasteiger partial charge on any atom is 0.0932 e. The SMILES string of the molecule is C[C@@H](O)c1cccc(-c2cccc([C@@H](C)O)n2)n1. The fourth-order valence-electron chi connectivity index (χ4n) is 1.65. The summed E-state index contributed by atoms with van der Waals surface area (Å²) >= 11 is 0. The molecule has 4 nitrogen and oxygen atoms in total. The number of aliphatic hydroxyl groups is 2. The van der Waals surface area contributed by atoms with E-state index in [-0.39, 0.29) is 0 Å². The van der Waals surface area contributed by atoms with Gasteiger partial charge in [-0.15, -0.1) is 0 Å². The van der Waals surface area contributed by atoms with Crippen LogP contribution in [0.25, 0.3) is 11.4 Å². The Bertz CT molecular complexity index is 489. The van der Waals surface area contributed by atoms with Gasteiger partial charge in [0, 0.05) is 0 Å². The third-order valence-corrected chi connectivity index (χ3v) is 2.66. The van der Waals surface area contributed by atoms with Crippen LogP contribution in [0, 0.1) is 0 Å². The van der Waals surface area contributed by atoms with Gasteiger partial charge in [0.1, 0.15) is 0 Å². The van der Waals surface area contributed by atoms with Gasteiger partial charge < -0.3 is 10.2 Å². The van der Waals surface area contributed by atoms with Crippen molar-refractivity contribution in [3.8, 4) is 11.4 Å². The minimum atomic E-state index is -0.607. The molecule has 0 aromatic carbocycles. The second-order valence-electron chi connectivity index (χ2n) is 4.25. The van der Waals surface area contributed by atoms with Crippen molar-refractivity contribution in [3.05, 3.63) is 47.8 Å². The number of aliphatic hydroxyl groups excluding tert-OH is 2. The van der Waals surface area contributed by atoms with Crippen LogP contribution in [0.2, 0.25) is 0 Å². The molecule has 94 valence electrons. The first-order chi connectivity index (χ1) is 8.58. The van der Waals surface area contributed by atoms with E-state index < -0.39 is 12.2 Å². The van der Waals surface area contributed by atoms with Crippen LogP contribution in [0.15, 0.2) is 36.4 Å². The summed E-state index contributed by atoms with van der Waals surface area (Å²) in [6.45, 7) is 3.34. The van der Waals surface area contributed by atoms with Crippen molar-refractivity contribution in [1.29, 1.82) is 0 Å². The molecule has 0 saturated heterocycles. The molecule has 2 aromatic rings. The minimum Gasteiger partial charge on any atom is -0.387 e. The Labute approximate surface area is 106 Å². The quantitative estimate of drug-likeness (QED) is 0.869. The van der Waals surface area contributed by atoms with E-state index >= 15 is 0 Å². The Morgan fingerprint density at radius 2 is 1.17 bits per heavy atom. The highest BCUT2D eigenvalue weighted by atomic mass is 16.3. The van der Waals surface area contributed by atoms with Crippen LogP contribution in [0.4, 0.5) is 0 Å². The largest absolute Gasteiger partial charge is 0.387 e. The molecular formula is C14H16N2O2. The number of hydrogen-bond acceptors (Lipinski definition) is 4. The molecule has 0 aliphatic carbocycles. The third kappa shape index (κ3) is 2.72. The zero-order valence-electron chi connectivity index (χ0n) is 10.4. The maximum absolute atomic E-state index is 9.51. The number of aromatic nitrogens is 2. The summed E-state index contributed by atoms with van der Waals surface area (Å²) in [5.41, 5.74) is 2.60. The van der Waals surface area contributed by atoms with Crippen molar-refractivity contribution in [2.45, 2.75) is 26.1 Å². The lowest BCUT2D eigenvalue weighted by Crippen LogP contribution is -2.00. The highest BCUT2D eigenvalue weighted by Gasteiger charge is 2.08. The Morgan fingerprint density at radius 1 is 0.778 bits per heavy atom. The Balaban J connectivity index is 2.42. The van der Waals surface area contributed by atoms with Crippen molar-refractivity contribution in [2.24, 2.45) is 0 Å². The van der Waals surface area contributed by atoms with Crippen LogP contribution in [0.3, 0.4) is 0 Å². The summed E-state index contributed by atoms with van der Waals surface area (Å²) in [6.07, 6.45) is -1.21. The van der Waals surface area contributed by atoms with Crippen LogP contribution in [0.5, 0.6) is 0 Å². The molecule has 2 N–H and O–H groups in total. The first-order valence-corrected chi connectivity index (χ1v) is 5.88. The van der Waals surface area contributed by atoms with Gasteiger partial charge >= 0.3 is 0 Å². The summed E-state index contributed by atoms with van der Waals surface area (Å²) in [5, 5.41) is 19.0. The highest BCUT2D eigenvalue weighted by molar-refractivity contribution is 5.54. The van der Waals surface area contributed by atoms with Gasteiger partial charge in [-0.05, 0) is 38.1 Å². The molecule has 2 heterocycles. The number of nitrogens with zero attached hydrogens (tertiary/aromatic N) is 2. The Morgan fingerprint density at radius 3 is 1.50 bits per heavy atom. The lowest BCUT2D eigenvalue weighted by atomic mass is 10.1. The highest BCUT2D eigenvalue weighted by Crippen LogP contribution is 2.19. The van der Waals surface area contributed by atoms with Crippen LogP contribution in [-0.2, 0) is 0 Å². The van der Waals surface area contributed by atoms with Gasteiger partial charge in [0.05, 0.1) is 35.0 Å². The van der Waals surface area contributed by atoms with Gasteiger partial charge in [-0.3, -0.25) is 0 Å². The van der Waals surface area contributed by atoms with Crippen LogP contribution in [-0.4, -0.2) is 20.2 Å². The topological polar surface area (TPSA) is 66.2 Å². The molecule has 2 aromatic heterocycles. The molecule has 0 aliphatic rings. The number of hydrogen-bond donors (Lipinski definition) is 2. The summed E-state index contributed by atoms with van der Waals surface area (Å²) in [4.78, 5) is 8.70. The maximum atomic E-state index is 9.51. The van der Waals surface area contributed by atoms with Crippen molar-refractivity contribution < 1.29 is 10.2 Å². The van der Waals surface area contributed by atoms with Crippen LogP contribution < -0.4 is 0 Å². The standard InChI is InChI=1S/C14H16N2O2/c1-9(17)11-5-3-7-13(15-11)14-8-4-6-12(16-14)10(2)18/h3-10,17-18H,1-2H3/t9-,10-/m1/s1. The molecule has 0 bridgehead atoms. The van der Waals surface area contributed by atoms with Crippen molar-refractivity contribution in [2.75, 3.05) is 0 Å².